The molecule has 124 valence electrons. The van der Waals surface area contributed by atoms with Crippen molar-refractivity contribution in [2.24, 2.45) is 5.10 Å². The first-order chi connectivity index (χ1) is 11.5. The number of anilines is 1. The molecule has 6 nitrogen and oxygen atoms in total. The molecule has 0 radical (unpaired) electrons. The minimum absolute atomic E-state index is 0.0938. The normalized spacial score (nSPS) is 10.8. The molecule has 0 amide bonds. The van der Waals surface area contributed by atoms with Crippen LogP contribution in [0.25, 0.3) is 0 Å². The predicted octanol–water partition coefficient (Wildman–Crippen LogP) is 1.65. The summed E-state index contributed by atoms with van der Waals surface area (Å²) in [6.07, 6.45) is 1.58. The van der Waals surface area contributed by atoms with Crippen molar-refractivity contribution in [2.75, 3.05) is 25.1 Å². The van der Waals surface area contributed by atoms with E-state index in [0.29, 0.717) is 17.8 Å². The molecule has 2 aromatic rings. The van der Waals surface area contributed by atoms with Crippen molar-refractivity contribution in [3.63, 3.8) is 0 Å². The topological polar surface area (TPSA) is 81.6 Å². The Kier molecular flexibility index (Phi) is 5.51. The van der Waals surface area contributed by atoms with Crippen molar-refractivity contribution in [2.45, 2.75) is 13.8 Å². The quantitative estimate of drug-likeness (QED) is 0.848. The summed E-state index contributed by atoms with van der Waals surface area (Å²) < 4.78 is 1.23. The average Bonchev–Trinajstić information content (AvgIpc) is 2.55. The average molecular weight is 324 g/mol. The summed E-state index contributed by atoms with van der Waals surface area (Å²) in [6.45, 7) is 4.17. The van der Waals surface area contributed by atoms with Gasteiger partial charge in [0, 0.05) is 25.0 Å². The van der Waals surface area contributed by atoms with Gasteiger partial charge in [-0.15, -0.1) is 0 Å². The van der Waals surface area contributed by atoms with Crippen molar-refractivity contribution < 1.29 is 5.11 Å². The molecule has 0 saturated carbocycles. The molecule has 1 heterocycles. The maximum atomic E-state index is 12.3. The van der Waals surface area contributed by atoms with E-state index in [2.05, 4.69) is 5.10 Å². The summed E-state index contributed by atoms with van der Waals surface area (Å²) in [4.78, 5) is 14.2. The van der Waals surface area contributed by atoms with Crippen LogP contribution >= 0.6 is 0 Å². The standard InChI is InChI=1S/C18H20N4O2/c1-13-10-14(2)22(18(24)17(13)11-19)20-12-15-4-6-16(7-5-15)21(3)8-9-23/h4-7,10,12,23H,8-9H2,1-3H3/b20-12+. The van der Waals surface area contributed by atoms with Crippen LogP contribution in [0, 0.1) is 25.2 Å². The van der Waals surface area contributed by atoms with E-state index in [1.807, 2.05) is 42.3 Å². The third kappa shape index (κ3) is 3.70. The largest absolute Gasteiger partial charge is 0.395 e. The second-order valence-corrected chi connectivity index (χ2v) is 5.55. The van der Waals surface area contributed by atoms with E-state index in [1.54, 1.807) is 26.1 Å². The number of rotatable bonds is 5. The number of hydrogen-bond acceptors (Lipinski definition) is 5. The van der Waals surface area contributed by atoms with Gasteiger partial charge in [0.2, 0.25) is 0 Å². The third-order valence-electron chi connectivity index (χ3n) is 3.76. The second kappa shape index (κ2) is 7.57. The van der Waals surface area contributed by atoms with Crippen LogP contribution < -0.4 is 10.5 Å². The number of aliphatic hydroxyl groups excluding tert-OH is 1. The molecule has 0 saturated heterocycles. The number of aromatic nitrogens is 1. The van der Waals surface area contributed by atoms with E-state index in [-0.39, 0.29) is 12.2 Å². The lowest BCUT2D eigenvalue weighted by molar-refractivity contribution is 0.304. The van der Waals surface area contributed by atoms with Gasteiger partial charge in [-0.25, -0.2) is 4.68 Å². The number of aryl methyl sites for hydroxylation is 2. The van der Waals surface area contributed by atoms with E-state index in [4.69, 9.17) is 10.4 Å². The van der Waals surface area contributed by atoms with Crippen LogP contribution in [0.5, 0.6) is 0 Å². The minimum Gasteiger partial charge on any atom is -0.395 e. The molecule has 6 heteroatoms. The van der Waals surface area contributed by atoms with Crippen LogP contribution in [0.15, 0.2) is 40.2 Å². The molecule has 0 fully saturated rings. The Bertz CT molecular complexity index is 845. The van der Waals surface area contributed by atoms with Crippen LogP contribution in [0.3, 0.4) is 0 Å². The zero-order valence-corrected chi connectivity index (χ0v) is 14.0. The molecule has 0 unspecified atom stereocenters. The van der Waals surface area contributed by atoms with Crippen molar-refractivity contribution in [3.05, 3.63) is 63.1 Å². The first-order valence-corrected chi connectivity index (χ1v) is 7.57. The number of hydrogen-bond donors (Lipinski definition) is 1. The van der Waals surface area contributed by atoms with Crippen molar-refractivity contribution >= 4 is 11.9 Å². The van der Waals surface area contributed by atoms with Crippen molar-refractivity contribution in [1.82, 2.24) is 4.68 Å². The molecule has 24 heavy (non-hydrogen) atoms. The van der Waals surface area contributed by atoms with Gasteiger partial charge >= 0.3 is 0 Å². The van der Waals surface area contributed by atoms with Crippen LogP contribution in [0.1, 0.15) is 22.4 Å². The monoisotopic (exact) mass is 324 g/mol. The fourth-order valence-corrected chi connectivity index (χ4v) is 2.38. The summed E-state index contributed by atoms with van der Waals surface area (Å²) in [6, 6.07) is 11.3. The molecule has 0 spiro atoms. The Morgan fingerprint density at radius 3 is 2.58 bits per heavy atom. The van der Waals surface area contributed by atoms with Gasteiger partial charge in [0.05, 0.1) is 12.8 Å². The second-order valence-electron chi connectivity index (χ2n) is 5.55. The Labute approximate surface area is 140 Å². The number of likely N-dealkylation sites (N-methyl/N-ethyl adjacent to an activating group) is 1. The highest BCUT2D eigenvalue weighted by molar-refractivity contribution is 5.80. The Balaban J connectivity index is 2.29. The maximum Gasteiger partial charge on any atom is 0.289 e. The molecule has 1 aromatic carbocycles. The van der Waals surface area contributed by atoms with Crippen molar-refractivity contribution in [1.29, 1.82) is 5.26 Å². The summed E-state index contributed by atoms with van der Waals surface area (Å²) >= 11 is 0. The molecular weight excluding hydrogens is 304 g/mol. The number of nitrogens with zero attached hydrogens (tertiary/aromatic N) is 4. The highest BCUT2D eigenvalue weighted by Gasteiger charge is 2.08. The van der Waals surface area contributed by atoms with Gasteiger partial charge in [-0.3, -0.25) is 4.79 Å². The van der Waals surface area contributed by atoms with Crippen LogP contribution in [0.4, 0.5) is 5.69 Å². The summed E-state index contributed by atoms with van der Waals surface area (Å²) in [5.41, 5.74) is 2.84. The fraction of sp³-hybridized carbons (Fsp3) is 0.278. The molecule has 0 atom stereocenters. The molecule has 1 aromatic heterocycles. The molecule has 0 aliphatic carbocycles. The molecule has 0 aliphatic rings. The van der Waals surface area contributed by atoms with Gasteiger partial charge in [-0.05, 0) is 43.2 Å². The van der Waals surface area contributed by atoms with Gasteiger partial charge < -0.3 is 10.0 Å². The maximum absolute atomic E-state index is 12.3. The van der Waals surface area contributed by atoms with Gasteiger partial charge in [0.15, 0.2) is 0 Å². The summed E-state index contributed by atoms with van der Waals surface area (Å²) in [5, 5.41) is 22.3. The summed E-state index contributed by atoms with van der Waals surface area (Å²) in [5.74, 6) is 0. The van der Waals surface area contributed by atoms with E-state index in [0.717, 1.165) is 11.3 Å². The van der Waals surface area contributed by atoms with Crippen molar-refractivity contribution in [3.8, 4) is 6.07 Å². The van der Waals surface area contributed by atoms with E-state index in [1.165, 1.54) is 4.68 Å². The third-order valence-corrected chi connectivity index (χ3v) is 3.76. The fourth-order valence-electron chi connectivity index (χ4n) is 2.38. The van der Waals surface area contributed by atoms with Gasteiger partial charge in [-0.1, -0.05) is 12.1 Å². The Hall–Kier alpha value is -2.91. The number of pyridine rings is 1. The molecular formula is C18H20N4O2. The SMILES string of the molecule is Cc1cc(C)n(/N=C/c2ccc(N(C)CCO)cc2)c(=O)c1C#N. The number of aliphatic hydroxyl groups is 1. The zero-order valence-electron chi connectivity index (χ0n) is 14.0. The Morgan fingerprint density at radius 2 is 2.00 bits per heavy atom. The highest BCUT2D eigenvalue weighted by Crippen LogP contribution is 2.12. The molecule has 0 bridgehead atoms. The molecule has 1 N–H and O–H groups in total. The number of benzene rings is 1. The zero-order chi connectivity index (χ0) is 17.7. The van der Waals surface area contributed by atoms with Gasteiger partial charge in [0.1, 0.15) is 11.6 Å². The highest BCUT2D eigenvalue weighted by atomic mass is 16.3. The van der Waals surface area contributed by atoms with Gasteiger partial charge in [0.25, 0.3) is 5.56 Å². The van der Waals surface area contributed by atoms with Gasteiger partial charge in [-0.2, -0.15) is 10.4 Å². The first-order valence-electron chi connectivity index (χ1n) is 7.57. The van der Waals surface area contributed by atoms with E-state index < -0.39 is 5.56 Å². The number of nitriles is 1. The lowest BCUT2D eigenvalue weighted by Gasteiger charge is -2.17. The van der Waals surface area contributed by atoms with E-state index >= 15 is 0 Å². The predicted molar refractivity (Wildman–Crippen MR) is 94.7 cm³/mol. The van der Waals surface area contributed by atoms with Crippen LogP contribution in [-0.4, -0.2) is 36.2 Å². The summed E-state index contributed by atoms with van der Waals surface area (Å²) in [7, 11) is 1.90. The first kappa shape index (κ1) is 17.4. The lowest BCUT2D eigenvalue weighted by Crippen LogP contribution is -2.22. The smallest absolute Gasteiger partial charge is 0.289 e. The Morgan fingerprint density at radius 1 is 1.33 bits per heavy atom. The lowest BCUT2D eigenvalue weighted by atomic mass is 10.1. The van der Waals surface area contributed by atoms with Crippen LogP contribution in [-0.2, 0) is 0 Å². The van der Waals surface area contributed by atoms with E-state index in [9.17, 15) is 4.79 Å². The molecule has 2 rings (SSSR count). The molecule has 0 aliphatic heterocycles. The van der Waals surface area contributed by atoms with Crippen LogP contribution in [0.2, 0.25) is 0 Å². The minimum atomic E-state index is -0.412.